The molecule has 1 unspecified atom stereocenters. The summed E-state index contributed by atoms with van der Waals surface area (Å²) in [6, 6.07) is 4.11. The molecule has 2 N–H and O–H groups in total. The predicted octanol–water partition coefficient (Wildman–Crippen LogP) is 1.89. The van der Waals surface area contributed by atoms with E-state index >= 15 is 0 Å². The Bertz CT molecular complexity index is 414. The molecule has 1 aliphatic rings. The normalized spacial score (nSPS) is 18.6. The molecule has 0 saturated carbocycles. The second-order valence-corrected chi connectivity index (χ2v) is 6.93. The molecule has 0 spiro atoms. The second-order valence-electron chi connectivity index (χ2n) is 5.90. The van der Waals surface area contributed by atoms with Gasteiger partial charge in [-0.25, -0.2) is 0 Å². The first-order valence-corrected chi connectivity index (χ1v) is 8.73. The van der Waals surface area contributed by atoms with Crippen LogP contribution in [0, 0.1) is 5.92 Å². The van der Waals surface area contributed by atoms with Crippen molar-refractivity contribution in [3.8, 4) is 0 Å². The van der Waals surface area contributed by atoms with Crippen LogP contribution in [0.25, 0.3) is 0 Å². The molecule has 1 saturated heterocycles. The van der Waals surface area contributed by atoms with Gasteiger partial charge in [0, 0.05) is 30.4 Å². The van der Waals surface area contributed by atoms with Crippen molar-refractivity contribution in [2.45, 2.75) is 38.7 Å². The van der Waals surface area contributed by atoms with Crippen molar-refractivity contribution in [1.82, 2.24) is 10.2 Å². The number of carbonyl (C=O) groups excluding carboxylic acids is 1. The summed E-state index contributed by atoms with van der Waals surface area (Å²) in [7, 11) is 0. The van der Waals surface area contributed by atoms with E-state index in [-0.39, 0.29) is 17.9 Å². The Hall–Kier alpha value is -0.910. The number of rotatable bonds is 7. The number of nitrogens with one attached hydrogen (secondary N) is 1. The highest BCUT2D eigenvalue weighted by Crippen LogP contribution is 2.14. The lowest BCUT2D eigenvalue weighted by Gasteiger charge is -2.29. The summed E-state index contributed by atoms with van der Waals surface area (Å²) in [6.07, 6.45) is 3.45. The number of likely N-dealkylation sites (tertiary alicyclic amines) is 1. The average molecular weight is 310 g/mol. The lowest BCUT2D eigenvalue weighted by molar-refractivity contribution is -0.124. The number of piperidine rings is 1. The van der Waals surface area contributed by atoms with E-state index in [1.54, 1.807) is 11.3 Å². The molecule has 1 atom stereocenters. The van der Waals surface area contributed by atoms with Gasteiger partial charge in [0.25, 0.3) is 0 Å². The Kier molecular flexibility index (Phi) is 6.67. The first kappa shape index (κ1) is 16.5. The Balaban J connectivity index is 1.56. The van der Waals surface area contributed by atoms with Gasteiger partial charge in [0.1, 0.15) is 0 Å². The van der Waals surface area contributed by atoms with Crippen molar-refractivity contribution >= 4 is 17.2 Å². The maximum absolute atomic E-state index is 12.0. The summed E-state index contributed by atoms with van der Waals surface area (Å²) in [5, 5.41) is 14.5. The van der Waals surface area contributed by atoms with Crippen LogP contribution in [-0.2, 0) is 11.2 Å². The molecule has 21 heavy (non-hydrogen) atoms. The van der Waals surface area contributed by atoms with Gasteiger partial charge >= 0.3 is 0 Å². The average Bonchev–Trinajstić information content (AvgIpc) is 2.98. The molecule has 2 rings (SSSR count). The van der Waals surface area contributed by atoms with Gasteiger partial charge in [0.15, 0.2) is 0 Å². The summed E-state index contributed by atoms with van der Waals surface area (Å²) < 4.78 is 0. The molecule has 0 bridgehead atoms. The molecule has 1 aromatic rings. The monoisotopic (exact) mass is 310 g/mol. The maximum Gasteiger partial charge on any atom is 0.223 e. The van der Waals surface area contributed by atoms with E-state index < -0.39 is 0 Å². The fraction of sp³-hybridized carbons (Fsp3) is 0.688. The molecule has 1 amide bonds. The van der Waals surface area contributed by atoms with Crippen molar-refractivity contribution in [3.63, 3.8) is 0 Å². The SMILES string of the molecule is CC(Cc1cccs1)C(=O)NCCCN1CCC(O)CC1. The Morgan fingerprint density at radius 2 is 2.29 bits per heavy atom. The van der Waals surface area contributed by atoms with Crippen LogP contribution in [-0.4, -0.2) is 48.2 Å². The molecular weight excluding hydrogens is 284 g/mol. The first-order valence-electron chi connectivity index (χ1n) is 7.85. The van der Waals surface area contributed by atoms with Gasteiger partial charge in [-0.1, -0.05) is 13.0 Å². The van der Waals surface area contributed by atoms with Crippen molar-refractivity contribution in [2.24, 2.45) is 5.92 Å². The molecule has 118 valence electrons. The van der Waals surface area contributed by atoms with Gasteiger partial charge in [0.2, 0.25) is 5.91 Å². The highest BCUT2D eigenvalue weighted by Gasteiger charge is 2.17. The molecule has 1 fully saturated rings. The van der Waals surface area contributed by atoms with Gasteiger partial charge in [-0.3, -0.25) is 4.79 Å². The van der Waals surface area contributed by atoms with Crippen LogP contribution in [0.15, 0.2) is 17.5 Å². The molecule has 5 heteroatoms. The topological polar surface area (TPSA) is 52.6 Å². The molecule has 1 aliphatic heterocycles. The maximum atomic E-state index is 12.0. The molecule has 0 aromatic carbocycles. The smallest absolute Gasteiger partial charge is 0.223 e. The minimum absolute atomic E-state index is 0.0359. The third-order valence-electron chi connectivity index (χ3n) is 4.04. The van der Waals surface area contributed by atoms with Crippen LogP contribution < -0.4 is 5.32 Å². The number of nitrogens with zero attached hydrogens (tertiary/aromatic N) is 1. The summed E-state index contributed by atoms with van der Waals surface area (Å²) in [4.78, 5) is 15.6. The van der Waals surface area contributed by atoms with Crippen LogP contribution >= 0.6 is 11.3 Å². The number of hydrogen-bond donors (Lipinski definition) is 2. The lowest BCUT2D eigenvalue weighted by atomic mass is 10.1. The van der Waals surface area contributed by atoms with Crippen LogP contribution in [0.5, 0.6) is 0 Å². The third-order valence-corrected chi connectivity index (χ3v) is 4.94. The van der Waals surface area contributed by atoms with Gasteiger partial charge in [-0.05, 0) is 43.7 Å². The Morgan fingerprint density at radius 1 is 1.52 bits per heavy atom. The van der Waals surface area contributed by atoms with Crippen LogP contribution in [0.2, 0.25) is 0 Å². The molecule has 1 aromatic heterocycles. The van der Waals surface area contributed by atoms with E-state index in [9.17, 15) is 9.90 Å². The van der Waals surface area contributed by atoms with Crippen LogP contribution in [0.3, 0.4) is 0 Å². The molecule has 0 radical (unpaired) electrons. The van der Waals surface area contributed by atoms with E-state index in [1.165, 1.54) is 4.88 Å². The van der Waals surface area contributed by atoms with Gasteiger partial charge < -0.3 is 15.3 Å². The van der Waals surface area contributed by atoms with Crippen molar-refractivity contribution < 1.29 is 9.90 Å². The number of aliphatic hydroxyl groups excluding tert-OH is 1. The van der Waals surface area contributed by atoms with Crippen LogP contribution in [0.1, 0.15) is 31.1 Å². The fourth-order valence-electron chi connectivity index (χ4n) is 2.65. The predicted molar refractivity (Wildman–Crippen MR) is 86.5 cm³/mol. The third kappa shape index (κ3) is 5.77. The van der Waals surface area contributed by atoms with Crippen molar-refractivity contribution in [1.29, 1.82) is 0 Å². The zero-order valence-electron chi connectivity index (χ0n) is 12.8. The summed E-state index contributed by atoms with van der Waals surface area (Å²) in [5.41, 5.74) is 0. The van der Waals surface area contributed by atoms with E-state index in [0.29, 0.717) is 0 Å². The summed E-state index contributed by atoms with van der Waals surface area (Å²) in [5.74, 6) is 0.186. The number of carbonyl (C=O) groups is 1. The highest BCUT2D eigenvalue weighted by molar-refractivity contribution is 7.09. The zero-order valence-corrected chi connectivity index (χ0v) is 13.6. The first-order chi connectivity index (χ1) is 10.1. The minimum Gasteiger partial charge on any atom is -0.393 e. The largest absolute Gasteiger partial charge is 0.393 e. The second kappa shape index (κ2) is 8.51. The van der Waals surface area contributed by atoms with Crippen molar-refractivity contribution in [2.75, 3.05) is 26.2 Å². The lowest BCUT2D eigenvalue weighted by Crippen LogP contribution is -2.38. The van der Waals surface area contributed by atoms with Crippen molar-refractivity contribution in [3.05, 3.63) is 22.4 Å². The Labute approximate surface area is 131 Å². The van der Waals surface area contributed by atoms with Crippen LogP contribution in [0.4, 0.5) is 0 Å². The quantitative estimate of drug-likeness (QED) is 0.756. The number of thiophene rings is 1. The number of hydrogen-bond acceptors (Lipinski definition) is 4. The number of amides is 1. The van der Waals surface area contributed by atoms with Gasteiger partial charge in [-0.15, -0.1) is 11.3 Å². The fourth-order valence-corrected chi connectivity index (χ4v) is 3.49. The molecular formula is C16H26N2O2S. The zero-order chi connectivity index (χ0) is 15.1. The van der Waals surface area contributed by atoms with Gasteiger partial charge in [-0.2, -0.15) is 0 Å². The standard InChI is InChI=1S/C16H26N2O2S/c1-13(12-15-4-2-11-21-15)16(20)17-7-3-8-18-9-5-14(19)6-10-18/h2,4,11,13-14,19H,3,5-10,12H2,1H3,(H,17,20). The molecule has 2 heterocycles. The van der Waals surface area contributed by atoms with E-state index in [1.807, 2.05) is 13.0 Å². The van der Waals surface area contributed by atoms with Gasteiger partial charge in [0.05, 0.1) is 6.10 Å². The molecule has 0 aliphatic carbocycles. The van der Waals surface area contributed by atoms with E-state index in [4.69, 9.17) is 0 Å². The molecule has 4 nitrogen and oxygen atoms in total. The van der Waals surface area contributed by atoms with E-state index in [0.717, 1.165) is 51.9 Å². The van der Waals surface area contributed by atoms with E-state index in [2.05, 4.69) is 21.7 Å². The summed E-state index contributed by atoms with van der Waals surface area (Å²) in [6.45, 7) is 5.69. The minimum atomic E-state index is -0.112. The Morgan fingerprint density at radius 3 is 2.95 bits per heavy atom. The number of aliphatic hydroxyl groups is 1. The summed E-state index contributed by atoms with van der Waals surface area (Å²) >= 11 is 1.71. The highest BCUT2D eigenvalue weighted by atomic mass is 32.1.